The van der Waals surface area contributed by atoms with Crippen molar-refractivity contribution < 1.29 is 0 Å². The summed E-state index contributed by atoms with van der Waals surface area (Å²) in [4.78, 5) is 5.45. The lowest BCUT2D eigenvalue weighted by Gasteiger charge is -2.32. The molecule has 1 N–H and O–H groups in total. The van der Waals surface area contributed by atoms with Crippen LogP contribution in [-0.2, 0) is 0 Å². The van der Waals surface area contributed by atoms with Crippen LogP contribution < -0.4 is 5.32 Å². The number of nitrogens with zero attached hydrogens (tertiary/aromatic N) is 2. The van der Waals surface area contributed by atoms with E-state index < -0.39 is 0 Å². The molecule has 0 radical (unpaired) electrons. The summed E-state index contributed by atoms with van der Waals surface area (Å²) < 4.78 is 0. The van der Waals surface area contributed by atoms with Crippen molar-refractivity contribution in [2.75, 3.05) is 39.3 Å². The van der Waals surface area contributed by atoms with Crippen molar-refractivity contribution in [3.05, 3.63) is 0 Å². The molecule has 3 nitrogen and oxygen atoms in total. The van der Waals surface area contributed by atoms with Crippen LogP contribution in [0.5, 0.6) is 0 Å². The zero-order valence-corrected chi connectivity index (χ0v) is 13.2. The molecule has 1 aliphatic carbocycles. The molecule has 2 heterocycles. The minimum Gasteiger partial charge on any atom is -0.313 e. The fourth-order valence-electron chi connectivity index (χ4n) is 4.33. The summed E-state index contributed by atoms with van der Waals surface area (Å²) in [7, 11) is 0. The number of likely N-dealkylation sites (tertiary alicyclic amines) is 2. The predicted octanol–water partition coefficient (Wildman–Crippen LogP) is 2.47. The van der Waals surface area contributed by atoms with E-state index in [9.17, 15) is 0 Å². The topological polar surface area (TPSA) is 18.5 Å². The van der Waals surface area contributed by atoms with E-state index in [0.717, 1.165) is 12.1 Å². The van der Waals surface area contributed by atoms with Gasteiger partial charge >= 0.3 is 0 Å². The van der Waals surface area contributed by atoms with Crippen LogP contribution in [0, 0.1) is 0 Å². The molecule has 1 unspecified atom stereocenters. The minimum absolute atomic E-state index is 0.823. The second-order valence-corrected chi connectivity index (χ2v) is 7.13. The second-order valence-electron chi connectivity index (χ2n) is 7.13. The number of piperidine rings is 1. The van der Waals surface area contributed by atoms with Gasteiger partial charge < -0.3 is 10.2 Å². The van der Waals surface area contributed by atoms with Crippen molar-refractivity contribution in [2.24, 2.45) is 0 Å². The molecule has 3 aliphatic rings. The van der Waals surface area contributed by atoms with Gasteiger partial charge in [0.1, 0.15) is 0 Å². The van der Waals surface area contributed by atoms with Crippen LogP contribution in [0.1, 0.15) is 57.8 Å². The standard InChI is InChI=1S/C17H33N3/c1-3-7-16(8-4-1)18-10-14-19-13-9-17(15-19)20-11-5-2-6-12-20/h16-18H,1-15H2. The van der Waals surface area contributed by atoms with Gasteiger partial charge in [-0.2, -0.15) is 0 Å². The van der Waals surface area contributed by atoms with Crippen LogP contribution in [0.3, 0.4) is 0 Å². The summed E-state index contributed by atoms with van der Waals surface area (Å²) in [5, 5.41) is 3.79. The van der Waals surface area contributed by atoms with E-state index in [1.165, 1.54) is 97.1 Å². The maximum Gasteiger partial charge on any atom is 0.0235 e. The smallest absolute Gasteiger partial charge is 0.0235 e. The Hall–Kier alpha value is -0.120. The highest BCUT2D eigenvalue weighted by atomic mass is 15.3. The molecular weight excluding hydrogens is 246 g/mol. The van der Waals surface area contributed by atoms with Crippen molar-refractivity contribution in [3.63, 3.8) is 0 Å². The first kappa shape index (κ1) is 14.8. The fourth-order valence-corrected chi connectivity index (χ4v) is 4.33. The van der Waals surface area contributed by atoms with Crippen molar-refractivity contribution in [1.29, 1.82) is 0 Å². The van der Waals surface area contributed by atoms with Crippen LogP contribution in [-0.4, -0.2) is 61.2 Å². The van der Waals surface area contributed by atoms with Gasteiger partial charge in [0.2, 0.25) is 0 Å². The number of nitrogens with one attached hydrogen (secondary N) is 1. The zero-order valence-electron chi connectivity index (χ0n) is 13.2. The van der Waals surface area contributed by atoms with Crippen molar-refractivity contribution >= 4 is 0 Å². The molecule has 0 spiro atoms. The molecule has 3 fully saturated rings. The average Bonchev–Trinajstić information content (AvgIpc) is 2.98. The summed E-state index contributed by atoms with van der Waals surface area (Å²) in [6, 6.07) is 1.69. The summed E-state index contributed by atoms with van der Waals surface area (Å²) >= 11 is 0. The summed E-state index contributed by atoms with van der Waals surface area (Å²) in [5.74, 6) is 0. The first-order chi connectivity index (χ1) is 9.92. The van der Waals surface area contributed by atoms with Gasteiger partial charge in [-0.1, -0.05) is 25.7 Å². The van der Waals surface area contributed by atoms with Crippen LogP contribution in [0.2, 0.25) is 0 Å². The quantitative estimate of drug-likeness (QED) is 0.834. The number of hydrogen-bond acceptors (Lipinski definition) is 3. The van der Waals surface area contributed by atoms with E-state index in [2.05, 4.69) is 15.1 Å². The normalized spacial score (nSPS) is 30.9. The van der Waals surface area contributed by atoms with Gasteiger partial charge in [-0.05, 0) is 51.7 Å². The Morgan fingerprint density at radius 3 is 2.35 bits per heavy atom. The van der Waals surface area contributed by atoms with Gasteiger partial charge in [0.15, 0.2) is 0 Å². The van der Waals surface area contributed by atoms with Crippen molar-refractivity contribution in [1.82, 2.24) is 15.1 Å². The molecule has 0 aromatic heterocycles. The third-order valence-electron chi connectivity index (χ3n) is 5.62. The van der Waals surface area contributed by atoms with Gasteiger partial charge in [-0.15, -0.1) is 0 Å². The van der Waals surface area contributed by atoms with E-state index in [0.29, 0.717) is 0 Å². The average molecular weight is 279 g/mol. The first-order valence-corrected chi connectivity index (χ1v) is 9.11. The molecule has 2 aliphatic heterocycles. The summed E-state index contributed by atoms with van der Waals surface area (Å²) in [6.45, 7) is 7.84. The SMILES string of the molecule is C1CCC(NCCN2CCC(N3CCCCC3)C2)CC1. The second kappa shape index (κ2) is 7.77. The molecule has 116 valence electrons. The minimum atomic E-state index is 0.823. The molecule has 3 heteroatoms. The predicted molar refractivity (Wildman–Crippen MR) is 85.1 cm³/mol. The first-order valence-electron chi connectivity index (χ1n) is 9.11. The highest BCUT2D eigenvalue weighted by Gasteiger charge is 2.28. The van der Waals surface area contributed by atoms with Gasteiger partial charge in [0, 0.05) is 31.7 Å². The maximum atomic E-state index is 3.79. The van der Waals surface area contributed by atoms with E-state index in [-0.39, 0.29) is 0 Å². The molecule has 0 bridgehead atoms. The van der Waals surface area contributed by atoms with Crippen molar-refractivity contribution in [3.8, 4) is 0 Å². The Morgan fingerprint density at radius 2 is 1.55 bits per heavy atom. The third-order valence-corrected chi connectivity index (χ3v) is 5.62. The lowest BCUT2D eigenvalue weighted by atomic mass is 9.95. The Morgan fingerprint density at radius 1 is 0.800 bits per heavy atom. The zero-order chi connectivity index (χ0) is 13.6. The van der Waals surface area contributed by atoms with Gasteiger partial charge in [0.25, 0.3) is 0 Å². The van der Waals surface area contributed by atoms with Crippen LogP contribution in [0.4, 0.5) is 0 Å². The Balaban J connectivity index is 1.31. The summed E-state index contributed by atoms with van der Waals surface area (Å²) in [6.07, 6.45) is 12.9. The van der Waals surface area contributed by atoms with E-state index in [1.54, 1.807) is 0 Å². The van der Waals surface area contributed by atoms with Crippen molar-refractivity contribution in [2.45, 2.75) is 69.9 Å². The molecule has 0 amide bonds. The number of rotatable bonds is 5. The Kier molecular flexibility index (Phi) is 5.75. The monoisotopic (exact) mass is 279 g/mol. The van der Waals surface area contributed by atoms with E-state index in [4.69, 9.17) is 0 Å². The third kappa shape index (κ3) is 4.19. The van der Waals surface area contributed by atoms with E-state index >= 15 is 0 Å². The number of hydrogen-bond donors (Lipinski definition) is 1. The van der Waals surface area contributed by atoms with Gasteiger partial charge in [-0.25, -0.2) is 0 Å². The Bertz CT molecular complexity index is 269. The van der Waals surface area contributed by atoms with Crippen LogP contribution in [0.15, 0.2) is 0 Å². The lowest BCUT2D eigenvalue weighted by molar-refractivity contribution is 0.162. The highest BCUT2D eigenvalue weighted by Crippen LogP contribution is 2.20. The van der Waals surface area contributed by atoms with Crippen LogP contribution >= 0.6 is 0 Å². The van der Waals surface area contributed by atoms with Gasteiger partial charge in [-0.3, -0.25) is 4.90 Å². The van der Waals surface area contributed by atoms with E-state index in [1.807, 2.05) is 0 Å². The molecule has 20 heavy (non-hydrogen) atoms. The largest absolute Gasteiger partial charge is 0.313 e. The lowest BCUT2D eigenvalue weighted by Crippen LogP contribution is -2.42. The van der Waals surface area contributed by atoms with Gasteiger partial charge in [0.05, 0.1) is 0 Å². The molecule has 1 atom stereocenters. The highest BCUT2D eigenvalue weighted by molar-refractivity contribution is 4.85. The Labute approximate surface area is 125 Å². The fraction of sp³-hybridized carbons (Fsp3) is 1.00. The molecule has 2 saturated heterocycles. The molecular formula is C17H33N3. The molecule has 1 saturated carbocycles. The van der Waals surface area contributed by atoms with Crippen LogP contribution in [0.25, 0.3) is 0 Å². The molecule has 0 aromatic carbocycles. The molecule has 0 aromatic rings. The summed E-state index contributed by atoms with van der Waals surface area (Å²) in [5.41, 5.74) is 0. The maximum absolute atomic E-state index is 3.79. The molecule has 3 rings (SSSR count).